The molecule has 3 aliphatic rings. The van der Waals surface area contributed by atoms with Crippen LogP contribution in [0.4, 0.5) is 0 Å². The largest absolute Gasteiger partial charge is 0.271 e. The van der Waals surface area contributed by atoms with Crippen LogP contribution < -0.4 is 0 Å². The predicted molar refractivity (Wildman–Crippen MR) is 57.7 cm³/mol. The van der Waals surface area contributed by atoms with E-state index >= 15 is 0 Å². The third kappa shape index (κ3) is 1.08. The minimum Gasteiger partial charge on any atom is -0.271 e. The molecule has 1 fully saturated rings. The van der Waals surface area contributed by atoms with Gasteiger partial charge < -0.3 is 0 Å². The first kappa shape index (κ1) is 7.74. The zero-order chi connectivity index (χ0) is 8.84. The molecular formula is C11H9BrN. The Kier molecular flexibility index (Phi) is 1.59. The maximum Gasteiger partial charge on any atom is 0.138 e. The maximum atomic E-state index is 4.61. The Labute approximate surface area is 86.1 Å². The summed E-state index contributed by atoms with van der Waals surface area (Å²) in [5.41, 5.74) is 4.16. The standard InChI is InChI=1S/C11H9BrN/c12-7-4-5-11-9(6-7)8-2-1-3-10(8)13-11/h4-6H,1-3H2. The molecule has 1 saturated carbocycles. The van der Waals surface area contributed by atoms with Gasteiger partial charge in [-0.1, -0.05) is 15.9 Å². The van der Waals surface area contributed by atoms with Gasteiger partial charge >= 0.3 is 0 Å². The van der Waals surface area contributed by atoms with E-state index < -0.39 is 0 Å². The van der Waals surface area contributed by atoms with Crippen molar-refractivity contribution in [2.45, 2.75) is 19.3 Å². The molecule has 0 spiro atoms. The topological polar surface area (TPSA) is 12.4 Å². The van der Waals surface area contributed by atoms with Crippen molar-refractivity contribution in [1.82, 2.24) is 0 Å². The van der Waals surface area contributed by atoms with Gasteiger partial charge in [-0.05, 0) is 48.6 Å². The van der Waals surface area contributed by atoms with Gasteiger partial charge in [0.25, 0.3) is 0 Å². The number of halogens is 1. The highest BCUT2D eigenvalue weighted by Crippen LogP contribution is 2.41. The van der Waals surface area contributed by atoms with E-state index in [0.717, 1.165) is 10.5 Å². The second-order valence-corrected chi connectivity index (χ2v) is 4.47. The lowest BCUT2D eigenvalue weighted by Crippen LogP contribution is -1.94. The number of allylic oxidation sites excluding steroid dienone is 3. The van der Waals surface area contributed by atoms with Crippen LogP contribution in [0.5, 0.6) is 0 Å². The zero-order valence-corrected chi connectivity index (χ0v) is 8.76. The molecule has 65 valence electrons. The highest BCUT2D eigenvalue weighted by atomic mass is 79.9. The molecule has 1 radical (unpaired) electrons. The Balaban J connectivity index is 2.13. The van der Waals surface area contributed by atoms with Crippen molar-refractivity contribution in [1.29, 1.82) is 0 Å². The number of nitrogens with zero attached hydrogens (tertiary/aromatic N) is 1. The van der Waals surface area contributed by atoms with Gasteiger partial charge in [0, 0.05) is 10.2 Å². The van der Waals surface area contributed by atoms with Crippen LogP contribution >= 0.6 is 15.9 Å². The normalized spacial score (nSPS) is 25.9. The maximum absolute atomic E-state index is 4.61. The lowest BCUT2D eigenvalue weighted by Gasteiger charge is -2.09. The molecule has 3 rings (SSSR count). The molecule has 0 unspecified atom stereocenters. The molecule has 2 aliphatic carbocycles. The fourth-order valence-electron chi connectivity index (χ4n) is 2.13. The van der Waals surface area contributed by atoms with E-state index in [1.54, 1.807) is 0 Å². The van der Waals surface area contributed by atoms with E-state index in [1.807, 2.05) is 0 Å². The van der Waals surface area contributed by atoms with E-state index in [0.29, 0.717) is 0 Å². The Morgan fingerprint density at radius 2 is 2.15 bits per heavy atom. The Morgan fingerprint density at radius 1 is 1.23 bits per heavy atom. The number of fused-ring (bicyclic) bond motifs is 2. The average molecular weight is 235 g/mol. The van der Waals surface area contributed by atoms with E-state index in [9.17, 15) is 0 Å². The van der Waals surface area contributed by atoms with Crippen LogP contribution in [0.25, 0.3) is 0 Å². The van der Waals surface area contributed by atoms with E-state index in [-0.39, 0.29) is 0 Å². The fraction of sp³-hybridized carbons (Fsp3) is 0.273. The molecule has 0 N–H and O–H groups in total. The summed E-state index contributed by atoms with van der Waals surface area (Å²) in [4.78, 5) is 4.61. The van der Waals surface area contributed by atoms with Crippen LogP contribution in [0.3, 0.4) is 0 Å². The SMILES string of the molecule is BrC1=CC2=C3CCCC3=N[C]2C=C1. The Hall–Kier alpha value is -0.630. The molecule has 0 amide bonds. The third-order valence-electron chi connectivity index (χ3n) is 2.73. The number of hydrogen-bond acceptors (Lipinski definition) is 1. The van der Waals surface area contributed by atoms with Gasteiger partial charge in [-0.25, -0.2) is 0 Å². The minimum absolute atomic E-state index is 1.15. The van der Waals surface area contributed by atoms with E-state index in [4.69, 9.17) is 0 Å². The first-order chi connectivity index (χ1) is 6.34. The van der Waals surface area contributed by atoms with Crippen molar-refractivity contribution in [2.24, 2.45) is 4.99 Å². The highest BCUT2D eigenvalue weighted by Gasteiger charge is 2.30. The summed E-state index contributed by atoms with van der Waals surface area (Å²) >= 11 is 3.50. The summed E-state index contributed by atoms with van der Waals surface area (Å²) in [6.07, 6.45) is 10.00. The average Bonchev–Trinajstić information content (AvgIpc) is 2.64. The summed E-state index contributed by atoms with van der Waals surface area (Å²) in [5, 5.41) is 0. The monoisotopic (exact) mass is 234 g/mol. The number of aliphatic imine (C=N–C) groups is 1. The van der Waals surface area contributed by atoms with Crippen LogP contribution in [-0.2, 0) is 0 Å². The number of rotatable bonds is 0. The lowest BCUT2D eigenvalue weighted by atomic mass is 9.99. The molecule has 13 heavy (non-hydrogen) atoms. The molecule has 0 saturated heterocycles. The van der Waals surface area contributed by atoms with Crippen LogP contribution in [0.15, 0.2) is 38.8 Å². The summed E-state index contributed by atoms with van der Waals surface area (Å²) < 4.78 is 1.15. The first-order valence-electron chi connectivity index (χ1n) is 4.58. The van der Waals surface area contributed by atoms with Gasteiger partial charge in [-0.15, -0.1) is 0 Å². The van der Waals surface area contributed by atoms with Gasteiger partial charge in [-0.2, -0.15) is 0 Å². The van der Waals surface area contributed by atoms with Crippen LogP contribution in [0.1, 0.15) is 19.3 Å². The van der Waals surface area contributed by atoms with Gasteiger partial charge in [-0.3, -0.25) is 4.99 Å². The summed E-state index contributed by atoms with van der Waals surface area (Å²) in [6, 6.07) is 1.16. The molecule has 2 heteroatoms. The second-order valence-electron chi connectivity index (χ2n) is 3.55. The van der Waals surface area contributed by atoms with Gasteiger partial charge in [0.15, 0.2) is 0 Å². The smallest absolute Gasteiger partial charge is 0.138 e. The van der Waals surface area contributed by atoms with Crippen LogP contribution in [0.2, 0.25) is 0 Å². The molecule has 0 aromatic heterocycles. The van der Waals surface area contributed by atoms with Crippen molar-refractivity contribution < 1.29 is 0 Å². The predicted octanol–water partition coefficient (Wildman–Crippen LogP) is 3.30. The minimum atomic E-state index is 1.15. The van der Waals surface area contributed by atoms with Crippen LogP contribution in [-0.4, -0.2) is 5.71 Å². The van der Waals surface area contributed by atoms with Gasteiger partial charge in [0.2, 0.25) is 0 Å². The van der Waals surface area contributed by atoms with Gasteiger partial charge in [0.05, 0.1) is 0 Å². The molecule has 0 aromatic rings. The van der Waals surface area contributed by atoms with Crippen molar-refractivity contribution in [2.75, 3.05) is 0 Å². The molecule has 0 bridgehead atoms. The lowest BCUT2D eigenvalue weighted by molar-refractivity contribution is 0.931. The van der Waals surface area contributed by atoms with E-state index in [1.165, 1.54) is 36.1 Å². The second kappa shape index (κ2) is 2.68. The quantitative estimate of drug-likeness (QED) is 0.610. The Morgan fingerprint density at radius 3 is 3.08 bits per heavy atom. The molecule has 1 nitrogen and oxygen atoms in total. The van der Waals surface area contributed by atoms with Crippen LogP contribution in [0, 0.1) is 6.04 Å². The van der Waals surface area contributed by atoms with E-state index in [2.05, 4.69) is 39.2 Å². The molecule has 1 heterocycles. The zero-order valence-electron chi connectivity index (χ0n) is 7.18. The van der Waals surface area contributed by atoms with Crippen molar-refractivity contribution in [3.8, 4) is 0 Å². The Bertz CT molecular complexity index is 385. The number of hydrogen-bond donors (Lipinski definition) is 0. The van der Waals surface area contributed by atoms with Gasteiger partial charge in [0.1, 0.15) is 6.04 Å². The highest BCUT2D eigenvalue weighted by molar-refractivity contribution is 9.11. The molecule has 1 aliphatic heterocycles. The molecular weight excluding hydrogens is 226 g/mol. The first-order valence-corrected chi connectivity index (χ1v) is 5.37. The van der Waals surface area contributed by atoms with Crippen molar-refractivity contribution >= 4 is 21.6 Å². The van der Waals surface area contributed by atoms with Crippen molar-refractivity contribution in [3.05, 3.63) is 39.9 Å². The summed E-state index contributed by atoms with van der Waals surface area (Å²) in [7, 11) is 0. The molecule has 0 aromatic carbocycles. The third-order valence-corrected chi connectivity index (χ3v) is 3.22. The molecule has 0 atom stereocenters. The fourth-order valence-corrected chi connectivity index (χ4v) is 2.50. The van der Waals surface area contributed by atoms with Crippen molar-refractivity contribution in [3.63, 3.8) is 0 Å². The summed E-state index contributed by atoms with van der Waals surface area (Å²) in [5.74, 6) is 0. The summed E-state index contributed by atoms with van der Waals surface area (Å²) in [6.45, 7) is 0.